The monoisotopic (exact) mass is 352 g/mol. The van der Waals surface area contributed by atoms with Gasteiger partial charge in [-0.1, -0.05) is 51.4 Å². The highest BCUT2D eigenvalue weighted by atomic mass is 14.7. The average Bonchev–Trinajstić information content (AvgIpc) is 3.20. The zero-order valence-electron chi connectivity index (χ0n) is 16.8. The summed E-state index contributed by atoms with van der Waals surface area (Å²) in [6.07, 6.45) is 22.7. The maximum atomic E-state index is 1.66. The van der Waals surface area contributed by atoms with Gasteiger partial charge in [0.25, 0.3) is 0 Å². The van der Waals surface area contributed by atoms with Gasteiger partial charge < -0.3 is 0 Å². The molecule has 12 unspecified atom stereocenters. The topological polar surface area (TPSA) is 0 Å². The number of rotatable bonds is 0. The van der Waals surface area contributed by atoms with Crippen molar-refractivity contribution in [2.24, 2.45) is 71.0 Å². The molecule has 0 aromatic rings. The maximum absolute atomic E-state index is 1.66. The van der Waals surface area contributed by atoms with Crippen molar-refractivity contribution in [3.8, 4) is 0 Å². The second-order valence-electron chi connectivity index (χ2n) is 12.1. The molecule has 144 valence electrons. The molecule has 0 heterocycles. The van der Waals surface area contributed by atoms with Crippen LogP contribution in [0.2, 0.25) is 0 Å². The quantitative estimate of drug-likeness (QED) is 0.443. The van der Waals surface area contributed by atoms with E-state index in [0.29, 0.717) is 0 Å². The van der Waals surface area contributed by atoms with E-state index >= 15 is 0 Å². The lowest BCUT2D eigenvalue weighted by Crippen LogP contribution is -2.39. The Morgan fingerprint density at radius 3 is 1.04 bits per heavy atom. The van der Waals surface area contributed by atoms with E-state index in [9.17, 15) is 0 Å². The van der Waals surface area contributed by atoms with Gasteiger partial charge in [-0.2, -0.15) is 0 Å². The van der Waals surface area contributed by atoms with Crippen LogP contribution in [-0.4, -0.2) is 0 Å². The molecular weight excluding hydrogens is 312 g/mol. The molecule has 0 heteroatoms. The second-order valence-corrected chi connectivity index (χ2v) is 12.1. The van der Waals surface area contributed by atoms with Gasteiger partial charge in [0.15, 0.2) is 0 Å². The van der Waals surface area contributed by atoms with Crippen LogP contribution in [-0.2, 0) is 0 Å². The minimum atomic E-state index is 1.17. The molecule has 0 aromatic heterocycles. The van der Waals surface area contributed by atoms with Gasteiger partial charge in [-0.15, -0.1) is 0 Å². The summed E-state index contributed by atoms with van der Waals surface area (Å²) in [5, 5.41) is 0. The molecule has 7 aliphatic rings. The van der Waals surface area contributed by atoms with Crippen LogP contribution in [0.25, 0.3) is 0 Å². The first-order valence-electron chi connectivity index (χ1n) is 12.9. The number of fused-ring (bicyclic) bond motifs is 7. The molecule has 0 aliphatic heterocycles. The van der Waals surface area contributed by atoms with E-state index < -0.39 is 0 Å². The second kappa shape index (κ2) is 5.76. The van der Waals surface area contributed by atoms with E-state index in [1.807, 2.05) is 0 Å². The summed E-state index contributed by atoms with van der Waals surface area (Å²) < 4.78 is 0. The van der Waals surface area contributed by atoms with Gasteiger partial charge in [0.05, 0.1) is 0 Å². The molecule has 0 saturated heterocycles. The Balaban J connectivity index is 1.29. The molecule has 7 aliphatic carbocycles. The lowest BCUT2D eigenvalue weighted by atomic mass is 9.59. The van der Waals surface area contributed by atoms with Crippen LogP contribution >= 0.6 is 0 Å². The maximum Gasteiger partial charge on any atom is -0.0318 e. The summed E-state index contributed by atoms with van der Waals surface area (Å²) in [5.41, 5.74) is 0. The normalized spacial score (nSPS) is 62.8. The molecule has 0 radical (unpaired) electrons. The zero-order valence-corrected chi connectivity index (χ0v) is 16.8. The molecule has 26 heavy (non-hydrogen) atoms. The number of hydrogen-bond donors (Lipinski definition) is 0. The van der Waals surface area contributed by atoms with Crippen molar-refractivity contribution in [1.29, 1.82) is 0 Å². The first kappa shape index (κ1) is 15.9. The van der Waals surface area contributed by atoms with Gasteiger partial charge in [0.2, 0.25) is 0 Å². The first-order valence-corrected chi connectivity index (χ1v) is 12.9. The van der Waals surface area contributed by atoms with Gasteiger partial charge >= 0.3 is 0 Å². The van der Waals surface area contributed by atoms with E-state index in [0.717, 1.165) is 0 Å². The van der Waals surface area contributed by atoms with E-state index in [4.69, 9.17) is 0 Å². The highest BCUT2D eigenvalue weighted by Crippen LogP contribution is 2.71. The minimum absolute atomic E-state index is 1.17. The van der Waals surface area contributed by atoms with Crippen LogP contribution in [0.5, 0.6) is 0 Å². The van der Waals surface area contributed by atoms with Gasteiger partial charge in [0, 0.05) is 0 Å². The lowest BCUT2D eigenvalue weighted by molar-refractivity contribution is 0.0310. The predicted molar refractivity (Wildman–Crippen MR) is 107 cm³/mol. The third-order valence-corrected chi connectivity index (χ3v) is 11.9. The summed E-state index contributed by atoms with van der Waals surface area (Å²) >= 11 is 0. The molecule has 12 atom stereocenters. The molecule has 0 nitrogen and oxygen atoms in total. The molecule has 7 rings (SSSR count). The Labute approximate surface area is 161 Å². The highest BCUT2D eigenvalue weighted by molar-refractivity contribution is 5.13. The van der Waals surface area contributed by atoms with E-state index in [1.165, 1.54) is 71.0 Å². The average molecular weight is 353 g/mol. The summed E-state index contributed by atoms with van der Waals surface area (Å²) in [6, 6.07) is 0. The fourth-order valence-corrected chi connectivity index (χ4v) is 11.8. The Kier molecular flexibility index (Phi) is 3.52. The van der Waals surface area contributed by atoms with Crippen molar-refractivity contribution < 1.29 is 0 Å². The smallest absolute Gasteiger partial charge is 0.0318 e. The lowest BCUT2D eigenvalue weighted by Gasteiger charge is -2.45. The van der Waals surface area contributed by atoms with Gasteiger partial charge in [0.1, 0.15) is 0 Å². The fraction of sp³-hybridized carbons (Fsp3) is 1.00. The highest BCUT2D eigenvalue weighted by Gasteiger charge is 2.65. The van der Waals surface area contributed by atoms with Crippen LogP contribution in [0.3, 0.4) is 0 Å². The minimum Gasteiger partial charge on any atom is -0.0527 e. The molecule has 0 bridgehead atoms. The molecule has 0 spiro atoms. The summed E-state index contributed by atoms with van der Waals surface area (Å²) in [4.78, 5) is 0. The third-order valence-electron chi connectivity index (χ3n) is 11.9. The number of hydrogen-bond acceptors (Lipinski definition) is 0. The van der Waals surface area contributed by atoms with Crippen LogP contribution in [0.15, 0.2) is 0 Å². The first-order chi connectivity index (χ1) is 12.9. The van der Waals surface area contributed by atoms with Crippen molar-refractivity contribution >= 4 is 0 Å². The predicted octanol–water partition coefficient (Wildman–Crippen LogP) is 6.94. The Bertz CT molecular complexity index is 510. The molecule has 7 fully saturated rings. The van der Waals surface area contributed by atoms with Crippen molar-refractivity contribution in [2.45, 2.75) is 89.9 Å². The van der Waals surface area contributed by atoms with Gasteiger partial charge in [-0.3, -0.25) is 0 Å². The SMILES string of the molecule is C1CC2CCCC3C2C(C1)C1CCC2C4CCCC5CCCC(C54)C2C13. The van der Waals surface area contributed by atoms with Crippen LogP contribution in [0.4, 0.5) is 0 Å². The molecule has 7 saturated carbocycles. The fourth-order valence-electron chi connectivity index (χ4n) is 11.8. The van der Waals surface area contributed by atoms with E-state index in [2.05, 4.69) is 0 Å². The summed E-state index contributed by atoms with van der Waals surface area (Å²) in [6.45, 7) is 0. The Morgan fingerprint density at radius 2 is 0.615 bits per heavy atom. The Hall–Kier alpha value is 0. The molecule has 0 amide bonds. The van der Waals surface area contributed by atoms with E-state index in [1.54, 1.807) is 89.9 Å². The van der Waals surface area contributed by atoms with Crippen molar-refractivity contribution in [2.75, 3.05) is 0 Å². The molecule has 0 N–H and O–H groups in total. The van der Waals surface area contributed by atoms with Gasteiger partial charge in [-0.25, -0.2) is 0 Å². The summed E-state index contributed by atoms with van der Waals surface area (Å²) in [7, 11) is 0. The zero-order chi connectivity index (χ0) is 16.8. The van der Waals surface area contributed by atoms with Crippen LogP contribution < -0.4 is 0 Å². The van der Waals surface area contributed by atoms with Crippen molar-refractivity contribution in [3.05, 3.63) is 0 Å². The molecular formula is C26H40. The standard InChI is InChI=1S/C26H40/c1-5-15-7-3-11-21-23(15)17(9-1)19-13-14-20-18-10-2-6-16-8-4-12-22(24(16)18)26(20)25(19)21/h15-26H,1-14H2. The summed E-state index contributed by atoms with van der Waals surface area (Å²) in [5.74, 6) is 14.3. The van der Waals surface area contributed by atoms with Crippen LogP contribution in [0.1, 0.15) is 89.9 Å². The Morgan fingerprint density at radius 1 is 0.269 bits per heavy atom. The molecule has 0 aromatic carbocycles. The van der Waals surface area contributed by atoms with Gasteiger partial charge in [-0.05, 0) is 110 Å². The van der Waals surface area contributed by atoms with Crippen molar-refractivity contribution in [3.63, 3.8) is 0 Å². The van der Waals surface area contributed by atoms with Crippen molar-refractivity contribution in [1.82, 2.24) is 0 Å². The largest absolute Gasteiger partial charge is 0.0527 e. The van der Waals surface area contributed by atoms with Crippen LogP contribution in [0, 0.1) is 71.0 Å². The van der Waals surface area contributed by atoms with E-state index in [-0.39, 0.29) is 0 Å². The third kappa shape index (κ3) is 1.94.